The van der Waals surface area contributed by atoms with Crippen molar-refractivity contribution in [3.05, 3.63) is 65.1 Å². The summed E-state index contributed by atoms with van der Waals surface area (Å²) < 4.78 is 66.8. The standard InChI is InChI=1S/C18H18F3N3O2S/c1-12-3-5-16(9-13(12)2)27(25,26)22-8-7-15-11-24-10-14(18(19,20)21)4-6-17(24)23-15/h3-6,9-11,22H,7-8H2,1-2H3. The number of benzene rings is 1. The lowest BCUT2D eigenvalue weighted by Crippen LogP contribution is -2.26. The molecule has 2 heterocycles. The zero-order valence-electron chi connectivity index (χ0n) is 14.7. The second kappa shape index (κ2) is 6.97. The van der Waals surface area contributed by atoms with Crippen LogP contribution in [0.5, 0.6) is 0 Å². The molecule has 1 N–H and O–H groups in total. The van der Waals surface area contributed by atoms with E-state index in [1.54, 1.807) is 12.1 Å². The maximum Gasteiger partial charge on any atom is 0.417 e. The lowest BCUT2D eigenvalue weighted by Gasteiger charge is -2.08. The lowest BCUT2D eigenvalue weighted by molar-refractivity contribution is -0.137. The molecule has 144 valence electrons. The summed E-state index contributed by atoms with van der Waals surface area (Å²) in [6.45, 7) is 3.82. The summed E-state index contributed by atoms with van der Waals surface area (Å²) in [5.74, 6) is 0. The molecular formula is C18H18F3N3O2S. The van der Waals surface area contributed by atoms with E-state index in [4.69, 9.17) is 0 Å². The van der Waals surface area contributed by atoms with Gasteiger partial charge in [-0.1, -0.05) is 6.07 Å². The SMILES string of the molecule is Cc1ccc(S(=O)(=O)NCCc2cn3cc(C(F)(F)F)ccc3n2)cc1C. The van der Waals surface area contributed by atoms with Crippen LogP contribution in [0.15, 0.2) is 47.6 Å². The van der Waals surface area contributed by atoms with Gasteiger partial charge in [0, 0.05) is 25.4 Å². The minimum atomic E-state index is -4.43. The number of nitrogens with one attached hydrogen (secondary N) is 1. The molecule has 9 heteroatoms. The molecule has 0 atom stereocenters. The summed E-state index contributed by atoms with van der Waals surface area (Å²) in [5.41, 5.74) is 1.97. The second-order valence-electron chi connectivity index (χ2n) is 6.31. The predicted octanol–water partition coefficient (Wildman–Crippen LogP) is 3.49. The highest BCUT2D eigenvalue weighted by Gasteiger charge is 2.30. The number of hydrogen-bond donors (Lipinski definition) is 1. The van der Waals surface area contributed by atoms with E-state index in [-0.39, 0.29) is 17.9 Å². The van der Waals surface area contributed by atoms with Gasteiger partial charge in [0.05, 0.1) is 16.2 Å². The quantitative estimate of drug-likeness (QED) is 0.717. The van der Waals surface area contributed by atoms with Crippen molar-refractivity contribution in [2.75, 3.05) is 6.54 Å². The van der Waals surface area contributed by atoms with Crippen molar-refractivity contribution in [1.29, 1.82) is 0 Å². The fourth-order valence-electron chi connectivity index (χ4n) is 2.61. The first-order valence-electron chi connectivity index (χ1n) is 8.18. The molecule has 3 rings (SSSR count). The van der Waals surface area contributed by atoms with E-state index in [2.05, 4.69) is 9.71 Å². The molecule has 0 aliphatic carbocycles. The Balaban J connectivity index is 1.70. The maximum absolute atomic E-state index is 12.8. The number of imidazole rings is 1. The number of aryl methyl sites for hydroxylation is 2. The van der Waals surface area contributed by atoms with Gasteiger partial charge in [-0.15, -0.1) is 0 Å². The number of pyridine rings is 1. The highest BCUT2D eigenvalue weighted by atomic mass is 32.2. The maximum atomic E-state index is 12.8. The molecule has 0 saturated carbocycles. The molecule has 0 saturated heterocycles. The Morgan fingerprint density at radius 2 is 1.81 bits per heavy atom. The number of fused-ring (bicyclic) bond motifs is 1. The van der Waals surface area contributed by atoms with E-state index < -0.39 is 21.8 Å². The van der Waals surface area contributed by atoms with Crippen molar-refractivity contribution in [3.63, 3.8) is 0 Å². The molecule has 2 aromatic heterocycles. The van der Waals surface area contributed by atoms with Crippen LogP contribution in [-0.4, -0.2) is 24.3 Å². The Hall–Kier alpha value is -2.39. The summed E-state index contributed by atoms with van der Waals surface area (Å²) in [4.78, 5) is 4.39. The van der Waals surface area contributed by atoms with E-state index in [1.807, 2.05) is 13.8 Å². The number of alkyl halides is 3. The van der Waals surface area contributed by atoms with Crippen LogP contribution in [0.2, 0.25) is 0 Å². The van der Waals surface area contributed by atoms with E-state index >= 15 is 0 Å². The topological polar surface area (TPSA) is 63.5 Å². The first kappa shape index (κ1) is 19.4. The van der Waals surface area contributed by atoms with Crippen LogP contribution < -0.4 is 4.72 Å². The van der Waals surface area contributed by atoms with Crippen LogP contribution in [0.3, 0.4) is 0 Å². The van der Waals surface area contributed by atoms with Crippen LogP contribution in [0, 0.1) is 13.8 Å². The summed E-state index contributed by atoms with van der Waals surface area (Å²) in [6, 6.07) is 7.12. The summed E-state index contributed by atoms with van der Waals surface area (Å²) >= 11 is 0. The molecule has 0 radical (unpaired) electrons. The van der Waals surface area contributed by atoms with Gasteiger partial charge in [-0.25, -0.2) is 18.1 Å². The highest BCUT2D eigenvalue weighted by Crippen LogP contribution is 2.29. The molecule has 0 spiro atoms. The molecule has 0 fully saturated rings. The van der Waals surface area contributed by atoms with Gasteiger partial charge in [-0.2, -0.15) is 13.2 Å². The van der Waals surface area contributed by atoms with Crippen LogP contribution >= 0.6 is 0 Å². The molecule has 0 aliphatic heterocycles. The zero-order valence-corrected chi connectivity index (χ0v) is 15.5. The molecule has 0 bridgehead atoms. The molecule has 1 aromatic carbocycles. The Morgan fingerprint density at radius 3 is 2.48 bits per heavy atom. The lowest BCUT2D eigenvalue weighted by atomic mass is 10.1. The third kappa shape index (κ3) is 4.30. The van der Waals surface area contributed by atoms with E-state index in [0.29, 0.717) is 11.3 Å². The van der Waals surface area contributed by atoms with Crippen LogP contribution in [0.25, 0.3) is 5.65 Å². The van der Waals surface area contributed by atoms with Crippen molar-refractivity contribution in [3.8, 4) is 0 Å². The Bertz CT molecular complexity index is 1090. The molecule has 0 unspecified atom stereocenters. The second-order valence-corrected chi connectivity index (χ2v) is 8.07. The largest absolute Gasteiger partial charge is 0.417 e. The molecule has 0 aliphatic rings. The van der Waals surface area contributed by atoms with E-state index in [1.165, 1.54) is 22.7 Å². The summed E-state index contributed by atoms with van der Waals surface area (Å²) in [6.07, 6.45) is -1.74. The average Bonchev–Trinajstić information content (AvgIpc) is 2.98. The Kier molecular flexibility index (Phi) is 5.00. The first-order chi connectivity index (χ1) is 12.6. The average molecular weight is 397 g/mol. The number of sulfonamides is 1. The zero-order chi connectivity index (χ0) is 19.8. The van der Waals surface area contributed by atoms with Crippen molar-refractivity contribution < 1.29 is 21.6 Å². The number of aromatic nitrogens is 2. The van der Waals surface area contributed by atoms with Gasteiger partial charge in [0.1, 0.15) is 5.65 Å². The normalized spacial score (nSPS) is 12.6. The third-order valence-corrected chi connectivity index (χ3v) is 5.75. The van der Waals surface area contributed by atoms with Crippen LogP contribution in [-0.2, 0) is 22.6 Å². The van der Waals surface area contributed by atoms with Gasteiger partial charge in [0.25, 0.3) is 0 Å². The summed E-state index contributed by atoms with van der Waals surface area (Å²) in [5, 5.41) is 0. The van der Waals surface area contributed by atoms with Crippen molar-refractivity contribution in [2.45, 2.75) is 31.3 Å². The molecule has 0 amide bonds. The van der Waals surface area contributed by atoms with Gasteiger partial charge in [-0.3, -0.25) is 0 Å². The monoisotopic (exact) mass is 397 g/mol. The van der Waals surface area contributed by atoms with Gasteiger partial charge in [0.15, 0.2) is 0 Å². The number of hydrogen-bond acceptors (Lipinski definition) is 3. The van der Waals surface area contributed by atoms with Crippen molar-refractivity contribution >= 4 is 15.7 Å². The molecule has 27 heavy (non-hydrogen) atoms. The molecular weight excluding hydrogens is 379 g/mol. The number of rotatable bonds is 5. The van der Waals surface area contributed by atoms with Crippen molar-refractivity contribution in [2.24, 2.45) is 0 Å². The first-order valence-corrected chi connectivity index (χ1v) is 9.66. The summed E-state index contributed by atoms with van der Waals surface area (Å²) in [7, 11) is -3.66. The fourth-order valence-corrected chi connectivity index (χ4v) is 3.73. The minimum Gasteiger partial charge on any atom is -0.306 e. The van der Waals surface area contributed by atoms with Crippen molar-refractivity contribution in [1.82, 2.24) is 14.1 Å². The predicted molar refractivity (Wildman–Crippen MR) is 95.0 cm³/mol. The smallest absolute Gasteiger partial charge is 0.306 e. The van der Waals surface area contributed by atoms with Gasteiger partial charge in [-0.05, 0) is 49.2 Å². The number of halogens is 3. The van der Waals surface area contributed by atoms with Crippen LogP contribution in [0.4, 0.5) is 13.2 Å². The van der Waals surface area contributed by atoms with E-state index in [9.17, 15) is 21.6 Å². The fraction of sp³-hybridized carbons (Fsp3) is 0.278. The Morgan fingerprint density at radius 1 is 1.07 bits per heavy atom. The minimum absolute atomic E-state index is 0.0886. The number of nitrogens with zero attached hydrogens (tertiary/aromatic N) is 2. The highest BCUT2D eigenvalue weighted by molar-refractivity contribution is 7.89. The molecule has 5 nitrogen and oxygen atoms in total. The van der Waals surface area contributed by atoms with E-state index in [0.717, 1.165) is 23.4 Å². The van der Waals surface area contributed by atoms with Gasteiger partial charge >= 0.3 is 6.18 Å². The van der Waals surface area contributed by atoms with Gasteiger partial charge in [0.2, 0.25) is 10.0 Å². The molecule has 3 aromatic rings. The van der Waals surface area contributed by atoms with Crippen LogP contribution in [0.1, 0.15) is 22.4 Å². The third-order valence-electron chi connectivity index (χ3n) is 4.29. The Labute approximate surface area is 154 Å². The van der Waals surface area contributed by atoms with Gasteiger partial charge < -0.3 is 4.40 Å².